The molecule has 3 aliphatic heterocycles. The largest absolute Gasteiger partial charge is 0.381 e. The van der Waals surface area contributed by atoms with Crippen molar-refractivity contribution in [2.24, 2.45) is 48.1 Å². The topological polar surface area (TPSA) is 205 Å². The minimum absolute atomic E-state index is 0.103. The number of piperidine rings is 1. The van der Waals surface area contributed by atoms with Crippen LogP contribution in [0, 0.1) is 47.8 Å². The second kappa shape index (κ2) is 48.0. The average Bonchev–Trinajstić information content (AvgIpc) is 1.71. The van der Waals surface area contributed by atoms with Gasteiger partial charge in [0, 0.05) is 111 Å². The Morgan fingerprint density at radius 1 is 0.416 bits per heavy atom. The molecule has 1 saturated carbocycles. The van der Waals surface area contributed by atoms with Crippen molar-refractivity contribution in [3.63, 3.8) is 0 Å². The number of ether oxygens (including phenoxy) is 1. The zero-order valence-corrected chi connectivity index (χ0v) is 86.2. The van der Waals surface area contributed by atoms with Crippen LogP contribution in [0.4, 0.5) is 5.69 Å². The lowest BCUT2D eigenvalue weighted by Gasteiger charge is -2.34. The van der Waals surface area contributed by atoms with Crippen LogP contribution in [-0.2, 0) is 78.8 Å². The van der Waals surface area contributed by atoms with E-state index in [1.54, 1.807) is 12.5 Å². The monoisotopic (exact) mass is 1720 g/mol. The molecule has 2 aromatic carbocycles. The Labute approximate surface area is 760 Å². The van der Waals surface area contributed by atoms with E-state index in [4.69, 9.17) is 9.26 Å². The Hall–Kier alpha value is -8.54. The van der Waals surface area contributed by atoms with Crippen molar-refractivity contribution in [1.82, 2.24) is 65.2 Å². The molecule has 0 bridgehead atoms. The van der Waals surface area contributed by atoms with Crippen LogP contribution < -0.4 is 10.6 Å². The zero-order valence-electron chi connectivity index (χ0n) is 86.2. The quantitative estimate of drug-likeness (QED) is 0.129. The summed E-state index contributed by atoms with van der Waals surface area (Å²) in [7, 11) is 3.92. The predicted molar refractivity (Wildman–Crippen MR) is 531 cm³/mol. The first-order valence-corrected chi connectivity index (χ1v) is 45.8. The van der Waals surface area contributed by atoms with Crippen LogP contribution in [0.2, 0.25) is 0 Å². The normalized spacial score (nSPS) is 14.6. The number of fused-ring (bicyclic) bond motifs is 2. The molecular weight excluding hydrogens is 1540 g/mol. The number of benzene rings is 2. The van der Waals surface area contributed by atoms with Gasteiger partial charge in [0.25, 0.3) is 0 Å². The molecule has 4 aliphatic rings. The van der Waals surface area contributed by atoms with E-state index in [9.17, 15) is 4.79 Å². The van der Waals surface area contributed by atoms with Crippen molar-refractivity contribution in [1.29, 1.82) is 0 Å². The summed E-state index contributed by atoms with van der Waals surface area (Å²) in [6.07, 6.45) is 32.9. The molecule has 1 amide bonds. The molecule has 694 valence electrons. The molecule has 125 heavy (non-hydrogen) atoms. The average molecular weight is 1720 g/mol. The number of amides is 1. The van der Waals surface area contributed by atoms with Gasteiger partial charge in [-0.05, 0) is 230 Å². The number of hydrogen-bond donors (Lipinski definition) is 3. The molecular formula is C108H174N14O3. The number of aromatic nitrogens is 12. The van der Waals surface area contributed by atoms with E-state index in [0.717, 1.165) is 59.4 Å². The van der Waals surface area contributed by atoms with E-state index in [1.807, 2.05) is 124 Å². The van der Waals surface area contributed by atoms with Crippen molar-refractivity contribution in [2.75, 3.05) is 31.6 Å². The Morgan fingerprint density at radius 3 is 1.25 bits per heavy atom. The Kier molecular flexibility index (Phi) is 42.5. The number of carbonyl (C=O) groups excluding carboxylic acids is 1. The van der Waals surface area contributed by atoms with Gasteiger partial charge in [-0.3, -0.25) is 34.2 Å². The molecule has 3 fully saturated rings. The minimum atomic E-state index is 0.103. The first-order valence-electron chi connectivity index (χ1n) is 45.8. The van der Waals surface area contributed by atoms with E-state index in [-0.39, 0.29) is 54.6 Å². The number of nitrogens with zero attached hydrogens (tertiary/aromatic N) is 11. The highest BCUT2D eigenvalue weighted by molar-refractivity contribution is 5.99. The molecule has 14 rings (SSSR count). The molecule has 0 radical (unpaired) electrons. The first kappa shape index (κ1) is 111. The van der Waals surface area contributed by atoms with Gasteiger partial charge in [0.2, 0.25) is 5.91 Å². The van der Waals surface area contributed by atoms with Gasteiger partial charge < -0.3 is 19.9 Å². The smallest absolute Gasteiger partial charge is 0.228 e. The van der Waals surface area contributed by atoms with Crippen molar-refractivity contribution in [2.45, 2.75) is 357 Å². The molecule has 10 aromatic rings. The summed E-state index contributed by atoms with van der Waals surface area (Å²) >= 11 is 0. The summed E-state index contributed by atoms with van der Waals surface area (Å²) in [4.78, 5) is 31.3. The number of aryl methyl sites for hydroxylation is 4. The summed E-state index contributed by atoms with van der Waals surface area (Å²) in [6.45, 7) is 88.2. The van der Waals surface area contributed by atoms with Crippen molar-refractivity contribution in [3.05, 3.63) is 227 Å². The highest BCUT2D eigenvalue weighted by atomic mass is 16.5. The fraction of sp³-hybridized carbons (Fsp3) is 0.611. The van der Waals surface area contributed by atoms with Crippen LogP contribution in [-0.4, -0.2) is 92.0 Å². The Morgan fingerprint density at radius 2 is 0.912 bits per heavy atom. The third kappa shape index (κ3) is 42.8. The maximum absolute atomic E-state index is 11.1. The van der Waals surface area contributed by atoms with E-state index < -0.39 is 0 Å². The summed E-state index contributed by atoms with van der Waals surface area (Å²) in [5.74, 6) is 3.91. The molecule has 17 nitrogen and oxygen atoms in total. The number of H-pyrrole nitrogens is 1. The number of nitrogens with one attached hydrogen (secondary N) is 3. The van der Waals surface area contributed by atoms with Crippen molar-refractivity contribution in [3.8, 4) is 0 Å². The number of anilines is 1. The number of carbonyl (C=O) groups is 1. The van der Waals surface area contributed by atoms with Crippen LogP contribution in [0.25, 0.3) is 10.9 Å². The molecule has 2 saturated heterocycles. The molecule has 0 unspecified atom stereocenters. The van der Waals surface area contributed by atoms with Gasteiger partial charge in [0.1, 0.15) is 12.1 Å². The molecule has 0 atom stereocenters. The van der Waals surface area contributed by atoms with Gasteiger partial charge in [-0.15, -0.1) is 0 Å². The fourth-order valence-electron chi connectivity index (χ4n) is 13.7. The van der Waals surface area contributed by atoms with Crippen molar-refractivity contribution < 1.29 is 14.1 Å². The summed E-state index contributed by atoms with van der Waals surface area (Å²) in [6, 6.07) is 27.0. The molecule has 0 spiro atoms. The third-order valence-electron chi connectivity index (χ3n) is 22.7. The standard InChI is InChI=1S/C12H16N2.C12H15NO.C9H15NO.C9H19N.3C9H13N.C9H18O.C8H14N2.C8H12N2.C7H12N2.C7H14/c1-12(2,3)10-6-5-9-8-13-14(4)11(9)7-10;1-12(2,3)9-4-5-10-8(6-9)7-11(14)13-10;1-6-8(9(3,4)5)7(2)11-10-6;2*1-9(2,3)8-4-6-10-7-5-8;1-9(2,3)8-5-4-6-10-7-8;1-9(2,3)8-6-4-5-7-10-8;1-9(2,3)8-4-6-10-7-5-8;1-8(2,3)7-5-9-10(4)6-7;1-8(2,3)7-4-9-6-10-5-7;1-7(2,3)6-4-8-9-5-6;1-7(2,3)6-4-5-6/h5-8H,1-4H3;4-6H,7H2,1-3H3,(H,13,14);1-5H3;8,10H,4-7H2,1-3H3;3*4-7H,1-3H3;8H,4-7H2,1-3H3;5-6H,1-4H3;4-6H,1-3H3;4-5H,1-3H3,(H,8,9);6H,4-5H2,1-3H3. The first-order chi connectivity index (χ1) is 57.2. The molecule has 8 aromatic heterocycles. The molecule has 17 heteroatoms. The lowest BCUT2D eigenvalue weighted by atomic mass is 9.76. The van der Waals surface area contributed by atoms with Gasteiger partial charge in [0.15, 0.2) is 0 Å². The van der Waals surface area contributed by atoms with Crippen LogP contribution in [0.3, 0.4) is 0 Å². The van der Waals surface area contributed by atoms with E-state index >= 15 is 0 Å². The highest BCUT2D eigenvalue weighted by Gasteiger charge is 2.34. The minimum Gasteiger partial charge on any atom is -0.381 e. The Bertz CT molecular complexity index is 4360. The lowest BCUT2D eigenvalue weighted by molar-refractivity contribution is -0.115. The SMILES string of the molecule is CC(C)(C)C1CC1.CC(C)(C)C1CCNCC1.CC(C)(C)C1CCOCC1.CC(C)(C)c1ccc2c(c1)CC(=O)N2.CC(C)(C)c1ccccn1.CC(C)(C)c1cccnc1.CC(C)(C)c1ccncc1.CC(C)(C)c1cn[nH]c1.CC(C)(C)c1cncnc1.Cc1noc(C)c1C(C)(C)C.Cn1cc(C(C)(C)C)cn1.Cn1ncc2ccc(C(C)(C)C)cc21. The Balaban J connectivity index is 0.000000353. The second-order valence-electron chi connectivity index (χ2n) is 46.6. The van der Waals surface area contributed by atoms with Gasteiger partial charge >= 0.3 is 0 Å². The van der Waals surface area contributed by atoms with Gasteiger partial charge in [0.05, 0.1) is 36.2 Å². The highest BCUT2D eigenvalue weighted by Crippen LogP contribution is 2.44. The molecule has 3 N–H and O–H groups in total. The maximum Gasteiger partial charge on any atom is 0.228 e. The second-order valence-corrected chi connectivity index (χ2v) is 46.6. The van der Waals surface area contributed by atoms with Gasteiger partial charge in [-0.2, -0.15) is 15.3 Å². The van der Waals surface area contributed by atoms with E-state index in [1.165, 1.54) is 107 Å². The summed E-state index contributed by atoms with van der Waals surface area (Å²) in [5, 5.41) is 26.3. The van der Waals surface area contributed by atoms with E-state index in [0.29, 0.717) is 22.7 Å². The van der Waals surface area contributed by atoms with Crippen LogP contribution in [0.5, 0.6) is 0 Å². The number of rotatable bonds is 0. The fourth-order valence-corrected chi connectivity index (χ4v) is 13.7. The number of hydrogen-bond acceptors (Lipinski definition) is 13. The lowest BCUT2D eigenvalue weighted by Crippen LogP contribution is -2.34. The van der Waals surface area contributed by atoms with E-state index in [2.05, 4.69) is 371 Å². The maximum atomic E-state index is 11.1. The summed E-state index contributed by atoms with van der Waals surface area (Å²) < 4.78 is 14.1. The van der Waals surface area contributed by atoms with Crippen LogP contribution >= 0.6 is 0 Å². The van der Waals surface area contributed by atoms with Gasteiger partial charge in [-0.25, -0.2) is 9.97 Å². The van der Waals surface area contributed by atoms with Gasteiger partial charge in [-0.1, -0.05) is 291 Å². The number of aromatic amines is 1. The molecule has 11 heterocycles. The number of pyridine rings is 3. The summed E-state index contributed by atoms with van der Waals surface area (Å²) in [5.41, 5.74) is 19.1. The third-order valence-corrected chi connectivity index (χ3v) is 22.7. The van der Waals surface area contributed by atoms with Crippen molar-refractivity contribution >= 4 is 22.5 Å². The van der Waals surface area contributed by atoms with Crippen LogP contribution in [0.15, 0.2) is 164 Å². The molecule has 1 aliphatic carbocycles. The predicted octanol–water partition coefficient (Wildman–Crippen LogP) is 27.2. The van der Waals surface area contributed by atoms with Crippen LogP contribution in [0.1, 0.15) is 355 Å². The zero-order chi connectivity index (χ0) is 95.2.